The largest absolute Gasteiger partial charge is 0.355 e. The predicted molar refractivity (Wildman–Crippen MR) is 85.0 cm³/mol. The molecule has 2 aromatic rings. The number of nitrogens with one attached hydrogen (secondary N) is 1. The summed E-state index contributed by atoms with van der Waals surface area (Å²) < 4.78 is 2.84. The van der Waals surface area contributed by atoms with Crippen LogP contribution in [0.1, 0.15) is 24.0 Å². The molecular weight excluding hydrogens is 330 g/mol. The summed E-state index contributed by atoms with van der Waals surface area (Å²) in [6.45, 7) is 0.703. The fourth-order valence-electron chi connectivity index (χ4n) is 2.66. The van der Waals surface area contributed by atoms with Gasteiger partial charge >= 0.3 is 0 Å². The Bertz CT molecular complexity index is 661. The number of rotatable bonds is 5. The van der Waals surface area contributed by atoms with Gasteiger partial charge in [0, 0.05) is 29.7 Å². The lowest BCUT2D eigenvalue weighted by Gasteiger charge is -2.18. The SMILES string of the molecule is Cn1cc(CC(=O)NCC2(c3ccccc3Br)CC2)cn1. The summed E-state index contributed by atoms with van der Waals surface area (Å²) in [6.07, 6.45) is 6.26. The molecular formula is C16H18BrN3O. The van der Waals surface area contributed by atoms with Gasteiger partial charge in [0.1, 0.15) is 0 Å². The van der Waals surface area contributed by atoms with Crippen LogP contribution in [0.2, 0.25) is 0 Å². The number of amides is 1. The minimum Gasteiger partial charge on any atom is -0.355 e. The zero-order chi connectivity index (χ0) is 14.9. The van der Waals surface area contributed by atoms with Crippen LogP contribution >= 0.6 is 15.9 Å². The van der Waals surface area contributed by atoms with Gasteiger partial charge in [0.2, 0.25) is 5.91 Å². The molecule has 1 aliphatic carbocycles. The molecule has 1 aromatic heterocycles. The lowest BCUT2D eigenvalue weighted by molar-refractivity contribution is -0.120. The van der Waals surface area contributed by atoms with E-state index in [1.54, 1.807) is 10.9 Å². The third-order valence-electron chi connectivity index (χ3n) is 4.05. The van der Waals surface area contributed by atoms with E-state index >= 15 is 0 Å². The van der Waals surface area contributed by atoms with Crippen LogP contribution in [0.15, 0.2) is 41.1 Å². The Hall–Kier alpha value is -1.62. The van der Waals surface area contributed by atoms with E-state index in [2.05, 4.69) is 44.5 Å². The third kappa shape index (κ3) is 3.18. The van der Waals surface area contributed by atoms with Gasteiger partial charge in [-0.25, -0.2) is 0 Å². The Morgan fingerprint density at radius 3 is 2.81 bits per heavy atom. The van der Waals surface area contributed by atoms with E-state index in [1.165, 1.54) is 5.56 Å². The van der Waals surface area contributed by atoms with Gasteiger partial charge in [0.25, 0.3) is 0 Å². The minimum atomic E-state index is 0.0568. The van der Waals surface area contributed by atoms with Crippen molar-refractivity contribution in [2.45, 2.75) is 24.7 Å². The molecule has 0 radical (unpaired) electrons. The average molecular weight is 348 g/mol. The highest BCUT2D eigenvalue weighted by Crippen LogP contribution is 2.49. The molecule has 1 saturated carbocycles. The molecule has 0 aliphatic heterocycles. The summed E-state index contributed by atoms with van der Waals surface area (Å²) in [5.74, 6) is 0.0568. The lowest BCUT2D eigenvalue weighted by atomic mass is 9.96. The van der Waals surface area contributed by atoms with Crippen molar-refractivity contribution in [3.63, 3.8) is 0 Å². The van der Waals surface area contributed by atoms with Crippen molar-refractivity contribution in [2.75, 3.05) is 6.54 Å². The van der Waals surface area contributed by atoms with E-state index < -0.39 is 0 Å². The van der Waals surface area contributed by atoms with Gasteiger partial charge in [-0.3, -0.25) is 9.48 Å². The van der Waals surface area contributed by atoms with Crippen LogP contribution in [0, 0.1) is 0 Å². The Labute approximate surface area is 132 Å². The molecule has 1 fully saturated rings. The fourth-order valence-corrected chi connectivity index (χ4v) is 3.37. The summed E-state index contributed by atoms with van der Waals surface area (Å²) in [5.41, 5.74) is 2.36. The van der Waals surface area contributed by atoms with Crippen LogP contribution in [0.25, 0.3) is 0 Å². The van der Waals surface area contributed by atoms with Crippen molar-refractivity contribution < 1.29 is 4.79 Å². The summed E-state index contributed by atoms with van der Waals surface area (Å²) in [7, 11) is 1.85. The van der Waals surface area contributed by atoms with Crippen LogP contribution < -0.4 is 5.32 Å². The van der Waals surface area contributed by atoms with Crippen LogP contribution in [-0.4, -0.2) is 22.2 Å². The highest BCUT2D eigenvalue weighted by molar-refractivity contribution is 9.10. The highest BCUT2D eigenvalue weighted by Gasteiger charge is 2.45. The smallest absolute Gasteiger partial charge is 0.224 e. The second-order valence-corrected chi connectivity index (χ2v) is 6.59. The molecule has 21 heavy (non-hydrogen) atoms. The number of hydrogen-bond acceptors (Lipinski definition) is 2. The Morgan fingerprint density at radius 2 is 2.19 bits per heavy atom. The lowest BCUT2D eigenvalue weighted by Crippen LogP contribution is -2.33. The number of benzene rings is 1. The van der Waals surface area contributed by atoms with Crippen LogP contribution in [-0.2, 0) is 23.7 Å². The van der Waals surface area contributed by atoms with E-state index in [0.717, 1.165) is 22.9 Å². The number of aromatic nitrogens is 2. The van der Waals surface area contributed by atoms with E-state index in [1.807, 2.05) is 19.3 Å². The van der Waals surface area contributed by atoms with Crippen molar-refractivity contribution in [3.05, 3.63) is 52.3 Å². The normalized spacial score (nSPS) is 15.7. The zero-order valence-corrected chi connectivity index (χ0v) is 13.6. The van der Waals surface area contributed by atoms with Gasteiger partial charge in [0.15, 0.2) is 0 Å². The van der Waals surface area contributed by atoms with Crippen LogP contribution in [0.3, 0.4) is 0 Å². The molecule has 1 N–H and O–H groups in total. The van der Waals surface area contributed by atoms with Gasteiger partial charge in [-0.2, -0.15) is 5.10 Å². The number of aryl methyl sites for hydroxylation is 1. The summed E-state index contributed by atoms with van der Waals surface area (Å²) in [5, 5.41) is 7.15. The Kier molecular flexibility index (Phi) is 3.85. The maximum Gasteiger partial charge on any atom is 0.224 e. The molecule has 4 nitrogen and oxygen atoms in total. The average Bonchev–Trinajstić information content (AvgIpc) is 3.14. The molecule has 5 heteroatoms. The highest BCUT2D eigenvalue weighted by atomic mass is 79.9. The van der Waals surface area contributed by atoms with Gasteiger partial charge < -0.3 is 5.32 Å². The first-order valence-electron chi connectivity index (χ1n) is 7.08. The summed E-state index contributed by atoms with van der Waals surface area (Å²) >= 11 is 3.61. The standard InChI is InChI=1S/C16H18BrN3O/c1-20-10-12(9-19-20)8-15(21)18-11-16(6-7-16)13-4-2-3-5-14(13)17/h2-5,9-10H,6-8,11H2,1H3,(H,18,21). The zero-order valence-electron chi connectivity index (χ0n) is 12.0. The van der Waals surface area contributed by atoms with Crippen LogP contribution in [0.5, 0.6) is 0 Å². The van der Waals surface area contributed by atoms with Gasteiger partial charge in [-0.1, -0.05) is 34.1 Å². The van der Waals surface area contributed by atoms with Crippen LogP contribution in [0.4, 0.5) is 0 Å². The minimum absolute atomic E-state index is 0.0568. The first kappa shape index (κ1) is 14.3. The maximum absolute atomic E-state index is 12.1. The molecule has 0 spiro atoms. The molecule has 0 saturated heterocycles. The Morgan fingerprint density at radius 1 is 1.43 bits per heavy atom. The Balaban J connectivity index is 1.60. The summed E-state index contributed by atoms with van der Waals surface area (Å²) in [6, 6.07) is 8.28. The monoisotopic (exact) mass is 347 g/mol. The first-order valence-corrected chi connectivity index (χ1v) is 7.88. The number of carbonyl (C=O) groups excluding carboxylic acids is 1. The maximum atomic E-state index is 12.1. The topological polar surface area (TPSA) is 46.9 Å². The molecule has 110 valence electrons. The van der Waals surface area contributed by atoms with Crippen molar-refractivity contribution in [1.29, 1.82) is 0 Å². The third-order valence-corrected chi connectivity index (χ3v) is 4.74. The van der Waals surface area contributed by atoms with Gasteiger partial charge in [-0.15, -0.1) is 0 Å². The molecule has 1 aromatic carbocycles. The van der Waals surface area contributed by atoms with E-state index in [9.17, 15) is 4.79 Å². The molecule has 1 aliphatic rings. The quantitative estimate of drug-likeness (QED) is 0.903. The van der Waals surface area contributed by atoms with Gasteiger partial charge in [-0.05, 0) is 30.0 Å². The van der Waals surface area contributed by atoms with Crippen molar-refractivity contribution >= 4 is 21.8 Å². The second kappa shape index (κ2) is 5.64. The first-order chi connectivity index (χ1) is 10.1. The predicted octanol–water partition coefficient (Wildman–Crippen LogP) is 2.57. The van der Waals surface area contributed by atoms with Gasteiger partial charge in [0.05, 0.1) is 12.6 Å². The van der Waals surface area contributed by atoms with E-state index in [0.29, 0.717) is 13.0 Å². The molecule has 0 atom stereocenters. The van der Waals surface area contributed by atoms with Crippen molar-refractivity contribution in [1.82, 2.24) is 15.1 Å². The second-order valence-electron chi connectivity index (χ2n) is 5.74. The number of hydrogen-bond donors (Lipinski definition) is 1. The number of nitrogens with zero attached hydrogens (tertiary/aromatic N) is 2. The van der Waals surface area contributed by atoms with E-state index in [4.69, 9.17) is 0 Å². The number of carbonyl (C=O) groups is 1. The molecule has 0 unspecified atom stereocenters. The summed E-state index contributed by atoms with van der Waals surface area (Å²) in [4.78, 5) is 12.1. The molecule has 0 bridgehead atoms. The molecule has 1 amide bonds. The van der Waals surface area contributed by atoms with Crippen molar-refractivity contribution in [2.24, 2.45) is 7.05 Å². The van der Waals surface area contributed by atoms with Crippen molar-refractivity contribution in [3.8, 4) is 0 Å². The van der Waals surface area contributed by atoms with E-state index in [-0.39, 0.29) is 11.3 Å². The molecule has 1 heterocycles. The number of halogens is 1. The fraction of sp³-hybridized carbons (Fsp3) is 0.375. The molecule has 3 rings (SSSR count).